The Morgan fingerprint density at radius 2 is 1.90 bits per heavy atom. The van der Waals surface area contributed by atoms with E-state index in [2.05, 4.69) is 10.2 Å². The Labute approximate surface area is 118 Å². The smallest absolute Gasteiger partial charge is 0.257 e. The second-order valence-electron chi connectivity index (χ2n) is 5.07. The van der Waals surface area contributed by atoms with Crippen molar-refractivity contribution in [3.8, 4) is 0 Å². The highest BCUT2D eigenvalue weighted by molar-refractivity contribution is 5.95. The Morgan fingerprint density at radius 1 is 1.25 bits per heavy atom. The summed E-state index contributed by atoms with van der Waals surface area (Å²) < 4.78 is 5.40. The number of carbonyl (C=O) groups excluding carboxylic acids is 2. The molecule has 2 rings (SSSR count). The van der Waals surface area contributed by atoms with E-state index >= 15 is 0 Å². The summed E-state index contributed by atoms with van der Waals surface area (Å²) in [4.78, 5) is 27.6. The third kappa shape index (κ3) is 3.19. The molecule has 1 aromatic heterocycles. The van der Waals surface area contributed by atoms with Crippen molar-refractivity contribution in [2.75, 3.05) is 39.8 Å². The van der Waals surface area contributed by atoms with Gasteiger partial charge in [0.15, 0.2) is 0 Å². The average molecular weight is 279 g/mol. The molecule has 1 aliphatic rings. The van der Waals surface area contributed by atoms with Crippen LogP contribution in [0.2, 0.25) is 0 Å². The van der Waals surface area contributed by atoms with E-state index in [0.717, 1.165) is 18.8 Å². The number of carbonyl (C=O) groups is 2. The molecule has 110 valence electrons. The Bertz CT molecular complexity index is 502. The van der Waals surface area contributed by atoms with Gasteiger partial charge in [0.1, 0.15) is 11.5 Å². The molecule has 0 aromatic carbocycles. The van der Waals surface area contributed by atoms with E-state index in [-0.39, 0.29) is 11.8 Å². The molecule has 2 amide bonds. The van der Waals surface area contributed by atoms with Gasteiger partial charge in [-0.2, -0.15) is 0 Å². The third-order valence-electron chi connectivity index (χ3n) is 3.58. The lowest BCUT2D eigenvalue weighted by atomic mass is 10.2. The Hall–Kier alpha value is -1.82. The van der Waals surface area contributed by atoms with Crippen molar-refractivity contribution in [2.24, 2.45) is 0 Å². The van der Waals surface area contributed by atoms with Crippen LogP contribution in [0.5, 0.6) is 0 Å². The Morgan fingerprint density at radius 3 is 2.40 bits per heavy atom. The molecule has 0 aliphatic carbocycles. The Balaban J connectivity index is 1.92. The molecule has 1 N–H and O–H groups in total. The van der Waals surface area contributed by atoms with Crippen LogP contribution in [0, 0.1) is 13.8 Å². The van der Waals surface area contributed by atoms with Crippen LogP contribution in [0.15, 0.2) is 10.5 Å². The summed E-state index contributed by atoms with van der Waals surface area (Å²) in [5, 5.41) is 2.61. The van der Waals surface area contributed by atoms with Crippen LogP contribution in [0.4, 0.5) is 0 Å². The molecule has 0 saturated carbocycles. The van der Waals surface area contributed by atoms with Crippen molar-refractivity contribution in [1.29, 1.82) is 0 Å². The highest BCUT2D eigenvalue weighted by Crippen LogP contribution is 2.17. The van der Waals surface area contributed by atoms with Gasteiger partial charge < -0.3 is 14.6 Å². The maximum absolute atomic E-state index is 12.4. The quantitative estimate of drug-likeness (QED) is 0.870. The number of piperazine rings is 1. The van der Waals surface area contributed by atoms with E-state index < -0.39 is 0 Å². The number of aryl methyl sites for hydroxylation is 2. The predicted octanol–water partition coefficient (Wildman–Crippen LogP) is 0.400. The van der Waals surface area contributed by atoms with Gasteiger partial charge >= 0.3 is 0 Å². The standard InChI is InChI=1S/C14H21N3O3/c1-10-8-12(11(2)20-10)14(19)17-6-4-16(5-7-17)9-13(18)15-3/h8H,4-7,9H2,1-3H3,(H,15,18). The highest BCUT2D eigenvalue weighted by atomic mass is 16.3. The summed E-state index contributed by atoms with van der Waals surface area (Å²) in [6.45, 7) is 6.75. The average Bonchev–Trinajstić information content (AvgIpc) is 2.77. The summed E-state index contributed by atoms with van der Waals surface area (Å²) in [7, 11) is 1.63. The number of furan rings is 1. The van der Waals surface area contributed by atoms with Crippen molar-refractivity contribution in [1.82, 2.24) is 15.1 Å². The van der Waals surface area contributed by atoms with Crippen LogP contribution in [0.1, 0.15) is 21.9 Å². The fourth-order valence-corrected chi connectivity index (χ4v) is 2.40. The van der Waals surface area contributed by atoms with Crippen LogP contribution in [0.25, 0.3) is 0 Å². The first-order valence-electron chi connectivity index (χ1n) is 6.80. The molecular formula is C14H21N3O3. The van der Waals surface area contributed by atoms with Crippen molar-refractivity contribution in [3.05, 3.63) is 23.2 Å². The van der Waals surface area contributed by atoms with Crippen molar-refractivity contribution < 1.29 is 14.0 Å². The minimum atomic E-state index is 0.00563. The molecule has 1 aliphatic heterocycles. The minimum absolute atomic E-state index is 0.00563. The van der Waals surface area contributed by atoms with Gasteiger partial charge in [-0.05, 0) is 19.9 Å². The second-order valence-corrected chi connectivity index (χ2v) is 5.07. The molecular weight excluding hydrogens is 258 g/mol. The number of rotatable bonds is 3. The van der Waals surface area contributed by atoms with Gasteiger partial charge in [-0.25, -0.2) is 0 Å². The zero-order valence-electron chi connectivity index (χ0n) is 12.2. The predicted molar refractivity (Wildman–Crippen MR) is 74.6 cm³/mol. The van der Waals surface area contributed by atoms with Gasteiger partial charge in [-0.3, -0.25) is 14.5 Å². The SMILES string of the molecule is CNC(=O)CN1CCN(C(=O)c2cc(C)oc2C)CC1. The summed E-state index contributed by atoms with van der Waals surface area (Å²) >= 11 is 0. The van der Waals surface area contributed by atoms with E-state index in [1.165, 1.54) is 0 Å². The molecule has 0 unspecified atom stereocenters. The van der Waals surface area contributed by atoms with E-state index in [0.29, 0.717) is 31.0 Å². The molecule has 1 fully saturated rings. The molecule has 0 atom stereocenters. The minimum Gasteiger partial charge on any atom is -0.466 e. The summed E-state index contributed by atoms with van der Waals surface area (Å²) in [5.41, 5.74) is 0.641. The van der Waals surface area contributed by atoms with Crippen LogP contribution in [0.3, 0.4) is 0 Å². The zero-order chi connectivity index (χ0) is 14.7. The lowest BCUT2D eigenvalue weighted by Gasteiger charge is -2.34. The normalized spacial score (nSPS) is 16.2. The van der Waals surface area contributed by atoms with Gasteiger partial charge in [-0.1, -0.05) is 0 Å². The summed E-state index contributed by atoms with van der Waals surface area (Å²) in [6, 6.07) is 1.79. The molecule has 1 saturated heterocycles. The molecule has 20 heavy (non-hydrogen) atoms. The van der Waals surface area contributed by atoms with Crippen LogP contribution in [-0.2, 0) is 4.79 Å². The van der Waals surface area contributed by atoms with Gasteiger partial charge in [0.05, 0.1) is 12.1 Å². The fourth-order valence-electron chi connectivity index (χ4n) is 2.40. The first-order chi connectivity index (χ1) is 9.51. The maximum Gasteiger partial charge on any atom is 0.257 e. The topological polar surface area (TPSA) is 65.8 Å². The monoisotopic (exact) mass is 279 g/mol. The lowest BCUT2D eigenvalue weighted by molar-refractivity contribution is -0.122. The van der Waals surface area contributed by atoms with Crippen molar-refractivity contribution in [3.63, 3.8) is 0 Å². The molecule has 6 heteroatoms. The molecule has 0 spiro atoms. The van der Waals surface area contributed by atoms with E-state index in [4.69, 9.17) is 4.42 Å². The lowest BCUT2D eigenvalue weighted by Crippen LogP contribution is -2.50. The Kier molecular flexibility index (Phi) is 4.44. The zero-order valence-corrected chi connectivity index (χ0v) is 12.2. The number of likely N-dealkylation sites (N-methyl/N-ethyl adjacent to an activating group) is 1. The first kappa shape index (κ1) is 14.6. The van der Waals surface area contributed by atoms with Crippen molar-refractivity contribution >= 4 is 11.8 Å². The van der Waals surface area contributed by atoms with Crippen LogP contribution < -0.4 is 5.32 Å². The highest BCUT2D eigenvalue weighted by Gasteiger charge is 2.25. The molecule has 2 heterocycles. The second kappa shape index (κ2) is 6.09. The first-order valence-corrected chi connectivity index (χ1v) is 6.80. The van der Waals surface area contributed by atoms with E-state index in [1.54, 1.807) is 13.1 Å². The number of nitrogens with one attached hydrogen (secondary N) is 1. The number of amides is 2. The number of hydrogen-bond acceptors (Lipinski definition) is 4. The van der Waals surface area contributed by atoms with E-state index in [1.807, 2.05) is 18.7 Å². The van der Waals surface area contributed by atoms with E-state index in [9.17, 15) is 9.59 Å². The fraction of sp³-hybridized carbons (Fsp3) is 0.571. The van der Waals surface area contributed by atoms with Gasteiger partial charge in [0.2, 0.25) is 5.91 Å². The van der Waals surface area contributed by atoms with Crippen LogP contribution in [-0.4, -0.2) is 61.4 Å². The number of hydrogen-bond donors (Lipinski definition) is 1. The largest absolute Gasteiger partial charge is 0.466 e. The molecule has 0 radical (unpaired) electrons. The summed E-state index contributed by atoms with van der Waals surface area (Å²) in [5.74, 6) is 1.44. The van der Waals surface area contributed by atoms with Gasteiger partial charge in [0.25, 0.3) is 5.91 Å². The molecule has 6 nitrogen and oxygen atoms in total. The number of nitrogens with zero attached hydrogens (tertiary/aromatic N) is 2. The maximum atomic E-state index is 12.4. The molecule has 1 aromatic rings. The van der Waals surface area contributed by atoms with Crippen molar-refractivity contribution in [2.45, 2.75) is 13.8 Å². The third-order valence-corrected chi connectivity index (χ3v) is 3.58. The van der Waals surface area contributed by atoms with Gasteiger partial charge in [0, 0.05) is 33.2 Å². The van der Waals surface area contributed by atoms with Gasteiger partial charge in [-0.15, -0.1) is 0 Å². The van der Waals surface area contributed by atoms with Crippen LogP contribution >= 0.6 is 0 Å². The molecule has 0 bridgehead atoms. The summed E-state index contributed by atoms with van der Waals surface area (Å²) in [6.07, 6.45) is 0.